The van der Waals surface area contributed by atoms with Crippen molar-refractivity contribution >= 4 is 30.4 Å². The molecule has 1 aromatic carbocycles. The maximum atomic E-state index is 3.54. The van der Waals surface area contributed by atoms with E-state index < -0.39 is 0 Å². The molecule has 128 valence electrons. The summed E-state index contributed by atoms with van der Waals surface area (Å²) in [6.45, 7) is 6.23. The summed E-state index contributed by atoms with van der Waals surface area (Å²) < 4.78 is 0. The molecule has 2 fully saturated rings. The fourth-order valence-corrected chi connectivity index (χ4v) is 4.26. The fraction of sp³-hybridized carbons (Fsp3) is 0.579. The van der Waals surface area contributed by atoms with Gasteiger partial charge >= 0.3 is 0 Å². The van der Waals surface area contributed by atoms with E-state index in [1.165, 1.54) is 69.5 Å². The zero-order chi connectivity index (χ0) is 14.1. The first-order valence-electron chi connectivity index (χ1n) is 8.62. The maximum Gasteiger partial charge on any atom is 0.00236 e. The van der Waals surface area contributed by atoms with Crippen molar-refractivity contribution in [2.75, 3.05) is 32.7 Å². The van der Waals surface area contributed by atoms with E-state index in [0.717, 1.165) is 11.8 Å². The molecule has 2 heterocycles. The third-order valence-corrected chi connectivity index (χ3v) is 5.58. The van der Waals surface area contributed by atoms with Crippen molar-refractivity contribution in [1.29, 1.82) is 0 Å². The average molecular weight is 355 g/mol. The highest BCUT2D eigenvalue weighted by molar-refractivity contribution is 5.85. The van der Waals surface area contributed by atoms with Crippen LogP contribution in [0.5, 0.6) is 0 Å². The van der Waals surface area contributed by atoms with E-state index in [0.29, 0.717) is 0 Å². The summed E-state index contributed by atoms with van der Waals surface area (Å²) in [5, 5.41) is 3.54. The van der Waals surface area contributed by atoms with Gasteiger partial charge in [-0.15, -0.1) is 24.8 Å². The number of hydrogen-bond donors (Lipinski definition) is 1. The molecule has 2 saturated heterocycles. The van der Waals surface area contributed by atoms with Crippen LogP contribution in [0.15, 0.2) is 30.3 Å². The lowest BCUT2D eigenvalue weighted by Gasteiger charge is -2.16. The van der Waals surface area contributed by atoms with E-state index in [1.54, 1.807) is 5.57 Å². The number of halogens is 2. The average Bonchev–Trinajstić information content (AvgIpc) is 3.23. The Morgan fingerprint density at radius 3 is 2.48 bits per heavy atom. The molecular formula is C19H28Cl2N2. The SMILES string of the molecule is C1=C(c2ccc(CCN3CCCC3)cc2)C2CNCC2C1.Cl.Cl. The Balaban J connectivity index is 0.000000960. The van der Waals surface area contributed by atoms with E-state index in [2.05, 4.69) is 40.6 Å². The van der Waals surface area contributed by atoms with Gasteiger partial charge < -0.3 is 10.2 Å². The van der Waals surface area contributed by atoms with Crippen molar-refractivity contribution in [2.24, 2.45) is 11.8 Å². The minimum Gasteiger partial charge on any atom is -0.316 e. The lowest BCUT2D eigenvalue weighted by atomic mass is 9.90. The first-order chi connectivity index (χ1) is 10.4. The first kappa shape index (κ1) is 18.8. The Kier molecular flexibility index (Phi) is 6.97. The van der Waals surface area contributed by atoms with Crippen molar-refractivity contribution in [3.8, 4) is 0 Å². The Morgan fingerprint density at radius 1 is 1.00 bits per heavy atom. The summed E-state index contributed by atoms with van der Waals surface area (Å²) in [5.41, 5.74) is 4.54. The fourth-order valence-electron chi connectivity index (χ4n) is 4.26. The van der Waals surface area contributed by atoms with Gasteiger partial charge in [-0.25, -0.2) is 0 Å². The Labute approximate surface area is 152 Å². The predicted octanol–water partition coefficient (Wildman–Crippen LogP) is 3.79. The van der Waals surface area contributed by atoms with Gasteiger partial charge in [-0.05, 0) is 67.9 Å². The molecule has 0 amide bonds. The molecule has 2 nitrogen and oxygen atoms in total. The number of fused-ring (bicyclic) bond motifs is 1. The van der Waals surface area contributed by atoms with Gasteiger partial charge in [-0.2, -0.15) is 0 Å². The standard InChI is InChI=1S/C19H26N2.2ClH/c1-2-11-21(10-1)12-9-15-3-5-16(6-4-15)18-8-7-17-13-20-14-19(17)18;;/h3-6,8,17,19-20H,1-2,7,9-14H2;2*1H. The summed E-state index contributed by atoms with van der Waals surface area (Å²) in [4.78, 5) is 2.60. The smallest absolute Gasteiger partial charge is 0.00236 e. The molecule has 23 heavy (non-hydrogen) atoms. The molecule has 3 aliphatic rings. The van der Waals surface area contributed by atoms with Crippen LogP contribution in [0.25, 0.3) is 5.57 Å². The van der Waals surface area contributed by atoms with Gasteiger partial charge in [0.15, 0.2) is 0 Å². The molecule has 0 saturated carbocycles. The lowest BCUT2D eigenvalue weighted by molar-refractivity contribution is 0.343. The zero-order valence-corrected chi connectivity index (χ0v) is 15.3. The van der Waals surface area contributed by atoms with Crippen molar-refractivity contribution in [3.63, 3.8) is 0 Å². The molecule has 2 aliphatic heterocycles. The molecule has 2 unspecified atom stereocenters. The van der Waals surface area contributed by atoms with E-state index in [1.807, 2.05) is 0 Å². The largest absolute Gasteiger partial charge is 0.316 e. The quantitative estimate of drug-likeness (QED) is 0.884. The Hall–Kier alpha value is -0.540. The molecule has 4 rings (SSSR count). The van der Waals surface area contributed by atoms with E-state index in [9.17, 15) is 0 Å². The molecule has 1 aromatic rings. The van der Waals surface area contributed by atoms with E-state index >= 15 is 0 Å². The van der Waals surface area contributed by atoms with Crippen molar-refractivity contribution in [2.45, 2.75) is 25.7 Å². The summed E-state index contributed by atoms with van der Waals surface area (Å²) >= 11 is 0. The number of likely N-dealkylation sites (tertiary alicyclic amines) is 1. The summed E-state index contributed by atoms with van der Waals surface area (Å²) in [6.07, 6.45) is 7.74. The monoisotopic (exact) mass is 354 g/mol. The van der Waals surface area contributed by atoms with Crippen LogP contribution >= 0.6 is 24.8 Å². The number of allylic oxidation sites excluding steroid dienone is 1. The highest BCUT2D eigenvalue weighted by Gasteiger charge is 2.33. The number of hydrogen-bond acceptors (Lipinski definition) is 2. The highest BCUT2D eigenvalue weighted by atomic mass is 35.5. The van der Waals surface area contributed by atoms with Crippen molar-refractivity contribution in [3.05, 3.63) is 41.5 Å². The van der Waals surface area contributed by atoms with Gasteiger partial charge in [-0.1, -0.05) is 30.3 Å². The number of benzene rings is 1. The molecule has 1 N–H and O–H groups in total. The van der Waals surface area contributed by atoms with E-state index in [4.69, 9.17) is 0 Å². The summed E-state index contributed by atoms with van der Waals surface area (Å²) in [6, 6.07) is 9.40. The highest BCUT2D eigenvalue weighted by Crippen LogP contribution is 2.40. The summed E-state index contributed by atoms with van der Waals surface area (Å²) in [5.74, 6) is 1.62. The first-order valence-corrected chi connectivity index (χ1v) is 8.62. The minimum absolute atomic E-state index is 0. The number of nitrogens with one attached hydrogen (secondary N) is 1. The van der Waals surface area contributed by atoms with Gasteiger partial charge in [0.2, 0.25) is 0 Å². The third kappa shape index (κ3) is 4.11. The number of nitrogens with zero attached hydrogens (tertiary/aromatic N) is 1. The minimum atomic E-state index is 0. The van der Waals surface area contributed by atoms with Crippen LogP contribution < -0.4 is 5.32 Å². The zero-order valence-electron chi connectivity index (χ0n) is 13.7. The van der Waals surface area contributed by atoms with Crippen LogP contribution in [0.4, 0.5) is 0 Å². The van der Waals surface area contributed by atoms with Gasteiger partial charge in [0.1, 0.15) is 0 Å². The second-order valence-corrected chi connectivity index (χ2v) is 6.92. The molecule has 2 atom stereocenters. The topological polar surface area (TPSA) is 15.3 Å². The van der Waals surface area contributed by atoms with Gasteiger partial charge in [-0.3, -0.25) is 0 Å². The molecular weight excluding hydrogens is 327 g/mol. The third-order valence-electron chi connectivity index (χ3n) is 5.58. The predicted molar refractivity (Wildman–Crippen MR) is 103 cm³/mol. The molecule has 0 radical (unpaired) electrons. The van der Waals surface area contributed by atoms with Crippen LogP contribution in [0, 0.1) is 11.8 Å². The van der Waals surface area contributed by atoms with Crippen LogP contribution in [-0.4, -0.2) is 37.6 Å². The van der Waals surface area contributed by atoms with Gasteiger partial charge in [0.05, 0.1) is 0 Å². The molecule has 0 aromatic heterocycles. The molecule has 4 heteroatoms. The van der Waals surface area contributed by atoms with Gasteiger partial charge in [0.25, 0.3) is 0 Å². The normalized spacial score (nSPS) is 26.3. The van der Waals surface area contributed by atoms with Crippen LogP contribution in [0.3, 0.4) is 0 Å². The van der Waals surface area contributed by atoms with E-state index in [-0.39, 0.29) is 24.8 Å². The lowest BCUT2D eigenvalue weighted by Crippen LogP contribution is -2.21. The van der Waals surface area contributed by atoms with Crippen LogP contribution in [0.1, 0.15) is 30.4 Å². The van der Waals surface area contributed by atoms with Gasteiger partial charge in [0, 0.05) is 19.0 Å². The molecule has 0 bridgehead atoms. The summed E-state index contributed by atoms with van der Waals surface area (Å²) in [7, 11) is 0. The second kappa shape index (κ2) is 8.53. The molecule has 1 aliphatic carbocycles. The number of rotatable bonds is 4. The Bertz CT molecular complexity index is 521. The second-order valence-electron chi connectivity index (χ2n) is 6.92. The van der Waals surface area contributed by atoms with Crippen molar-refractivity contribution < 1.29 is 0 Å². The maximum absolute atomic E-state index is 3.54. The Morgan fingerprint density at radius 2 is 1.74 bits per heavy atom. The molecule has 0 spiro atoms. The van der Waals surface area contributed by atoms with Crippen LogP contribution in [-0.2, 0) is 6.42 Å². The van der Waals surface area contributed by atoms with Crippen molar-refractivity contribution in [1.82, 2.24) is 10.2 Å². The van der Waals surface area contributed by atoms with Crippen LogP contribution in [0.2, 0.25) is 0 Å².